The molecule has 106 valence electrons. The van der Waals surface area contributed by atoms with Crippen LogP contribution >= 0.6 is 0 Å². The molecule has 0 aromatic heterocycles. The summed E-state index contributed by atoms with van der Waals surface area (Å²) in [7, 11) is 2.21. The lowest BCUT2D eigenvalue weighted by Gasteiger charge is -2.37. The second-order valence-corrected chi connectivity index (χ2v) is 6.45. The molecule has 0 aromatic carbocycles. The van der Waals surface area contributed by atoms with E-state index in [0.717, 1.165) is 13.1 Å². The number of hydrogen-bond donors (Lipinski definition) is 2. The van der Waals surface area contributed by atoms with Crippen molar-refractivity contribution >= 4 is 0 Å². The van der Waals surface area contributed by atoms with Crippen LogP contribution in [-0.4, -0.2) is 48.3 Å². The highest BCUT2D eigenvalue weighted by Gasteiger charge is 2.47. The van der Waals surface area contributed by atoms with Gasteiger partial charge in [0.2, 0.25) is 0 Å². The van der Waals surface area contributed by atoms with Gasteiger partial charge in [0.1, 0.15) is 0 Å². The molecule has 1 atom stereocenters. The first kappa shape index (κ1) is 14.3. The van der Waals surface area contributed by atoms with E-state index in [-0.39, 0.29) is 5.54 Å². The highest BCUT2D eigenvalue weighted by Crippen LogP contribution is 2.41. The van der Waals surface area contributed by atoms with Crippen LogP contribution in [-0.2, 0) is 0 Å². The number of unbranched alkanes of at least 4 members (excludes halogenated alkanes) is 2. The monoisotopic (exact) mass is 254 g/mol. The van der Waals surface area contributed by atoms with Crippen molar-refractivity contribution in [1.29, 1.82) is 0 Å². The van der Waals surface area contributed by atoms with Crippen molar-refractivity contribution < 1.29 is 5.11 Å². The van der Waals surface area contributed by atoms with Gasteiger partial charge in [-0.3, -0.25) is 0 Å². The van der Waals surface area contributed by atoms with Crippen LogP contribution in [0.5, 0.6) is 0 Å². The maximum absolute atomic E-state index is 9.89. The first-order valence-electron chi connectivity index (χ1n) is 7.77. The second-order valence-electron chi connectivity index (χ2n) is 6.45. The molecule has 2 aliphatic carbocycles. The van der Waals surface area contributed by atoms with Gasteiger partial charge in [-0.05, 0) is 51.6 Å². The van der Waals surface area contributed by atoms with Crippen molar-refractivity contribution in [3.8, 4) is 0 Å². The smallest absolute Gasteiger partial charge is 0.0628 e. The van der Waals surface area contributed by atoms with Gasteiger partial charge in [-0.15, -0.1) is 0 Å². The van der Waals surface area contributed by atoms with Gasteiger partial charge >= 0.3 is 0 Å². The summed E-state index contributed by atoms with van der Waals surface area (Å²) in [6.07, 6.45) is 9.06. The van der Waals surface area contributed by atoms with Crippen molar-refractivity contribution in [1.82, 2.24) is 10.2 Å². The van der Waals surface area contributed by atoms with E-state index in [4.69, 9.17) is 0 Å². The molecule has 0 bridgehead atoms. The normalized spacial score (nSPS) is 23.3. The largest absolute Gasteiger partial charge is 0.394 e. The zero-order chi connectivity index (χ0) is 13.0. The van der Waals surface area contributed by atoms with Gasteiger partial charge in [0, 0.05) is 12.6 Å². The highest BCUT2D eigenvalue weighted by molar-refractivity contribution is 5.05. The third kappa shape index (κ3) is 3.94. The Bertz CT molecular complexity index is 251. The topological polar surface area (TPSA) is 35.5 Å². The molecule has 3 nitrogen and oxygen atoms in total. The number of aliphatic hydroxyl groups is 1. The molecule has 0 aliphatic heterocycles. The maximum atomic E-state index is 9.89. The van der Waals surface area contributed by atoms with E-state index in [0.29, 0.717) is 18.6 Å². The Kier molecular flexibility index (Phi) is 5.05. The summed E-state index contributed by atoms with van der Waals surface area (Å²) in [5.74, 6) is 0.705. The van der Waals surface area contributed by atoms with E-state index in [1.54, 1.807) is 0 Å². The summed E-state index contributed by atoms with van der Waals surface area (Å²) < 4.78 is 0. The van der Waals surface area contributed by atoms with Gasteiger partial charge in [0.05, 0.1) is 12.1 Å². The fraction of sp³-hybridized carbons (Fsp3) is 1.00. The van der Waals surface area contributed by atoms with Crippen LogP contribution in [0, 0.1) is 5.92 Å². The van der Waals surface area contributed by atoms with Gasteiger partial charge in [-0.1, -0.05) is 19.8 Å². The molecule has 0 aromatic rings. The molecule has 0 radical (unpaired) electrons. The van der Waals surface area contributed by atoms with Crippen molar-refractivity contribution in [2.75, 3.05) is 26.7 Å². The number of rotatable bonds is 10. The molecule has 2 N–H and O–H groups in total. The minimum absolute atomic E-state index is 0.0118. The molecule has 2 fully saturated rings. The molecular formula is C15H30N2O. The maximum Gasteiger partial charge on any atom is 0.0628 e. The predicted molar refractivity (Wildman–Crippen MR) is 75.7 cm³/mol. The molecule has 0 amide bonds. The van der Waals surface area contributed by atoms with Crippen molar-refractivity contribution in [3.63, 3.8) is 0 Å². The van der Waals surface area contributed by atoms with E-state index in [9.17, 15) is 5.11 Å². The molecule has 0 saturated heterocycles. The van der Waals surface area contributed by atoms with Crippen molar-refractivity contribution in [2.24, 2.45) is 5.92 Å². The van der Waals surface area contributed by atoms with Gasteiger partial charge in [0.15, 0.2) is 0 Å². The zero-order valence-corrected chi connectivity index (χ0v) is 12.1. The Labute approximate surface area is 112 Å². The fourth-order valence-electron chi connectivity index (χ4n) is 2.98. The van der Waals surface area contributed by atoms with Crippen LogP contribution in [0.2, 0.25) is 0 Å². The minimum atomic E-state index is -0.0118. The van der Waals surface area contributed by atoms with Crippen LogP contribution in [0.4, 0.5) is 0 Å². The lowest BCUT2D eigenvalue weighted by Crippen LogP contribution is -2.58. The molecule has 0 spiro atoms. The number of nitrogens with one attached hydrogen (secondary N) is 1. The Morgan fingerprint density at radius 3 is 2.44 bits per heavy atom. The summed E-state index contributed by atoms with van der Waals surface area (Å²) >= 11 is 0. The van der Waals surface area contributed by atoms with Crippen LogP contribution in [0.3, 0.4) is 0 Å². The van der Waals surface area contributed by atoms with Gasteiger partial charge < -0.3 is 15.3 Å². The SMILES string of the molecule is CCCCCN(C)CC(CO)(NC1CC1)C1CC1. The first-order valence-corrected chi connectivity index (χ1v) is 7.77. The van der Waals surface area contributed by atoms with E-state index >= 15 is 0 Å². The molecule has 0 heterocycles. The van der Waals surface area contributed by atoms with Gasteiger partial charge in [-0.25, -0.2) is 0 Å². The Balaban J connectivity index is 1.83. The third-order valence-corrected chi connectivity index (χ3v) is 4.41. The molecule has 3 heteroatoms. The summed E-state index contributed by atoms with van der Waals surface area (Å²) in [6, 6.07) is 0.682. The van der Waals surface area contributed by atoms with Crippen molar-refractivity contribution in [3.05, 3.63) is 0 Å². The molecule has 18 heavy (non-hydrogen) atoms. The number of aliphatic hydroxyl groups excluding tert-OH is 1. The standard InChI is InChI=1S/C15H30N2O/c1-3-4-5-10-17(2)11-15(12-18,13-6-7-13)16-14-8-9-14/h13-14,16,18H,3-12H2,1-2H3. The van der Waals surface area contributed by atoms with Crippen LogP contribution < -0.4 is 5.32 Å². The molecule has 1 unspecified atom stereocenters. The minimum Gasteiger partial charge on any atom is -0.394 e. The second kappa shape index (κ2) is 6.36. The van der Waals surface area contributed by atoms with Crippen LogP contribution in [0.1, 0.15) is 51.9 Å². The summed E-state index contributed by atoms with van der Waals surface area (Å²) in [5.41, 5.74) is -0.0118. The summed E-state index contributed by atoms with van der Waals surface area (Å²) in [5, 5.41) is 13.6. The third-order valence-electron chi connectivity index (χ3n) is 4.41. The van der Waals surface area contributed by atoms with Crippen molar-refractivity contribution in [2.45, 2.75) is 63.5 Å². The molecule has 2 saturated carbocycles. The first-order chi connectivity index (χ1) is 8.70. The Morgan fingerprint density at radius 2 is 1.94 bits per heavy atom. The van der Waals surface area contributed by atoms with Crippen LogP contribution in [0.25, 0.3) is 0 Å². The van der Waals surface area contributed by atoms with E-state index < -0.39 is 0 Å². The molecule has 2 aliphatic rings. The Hall–Kier alpha value is -0.120. The summed E-state index contributed by atoms with van der Waals surface area (Å²) in [6.45, 7) is 4.71. The van der Waals surface area contributed by atoms with E-state index in [1.807, 2.05) is 0 Å². The average molecular weight is 254 g/mol. The van der Waals surface area contributed by atoms with E-state index in [2.05, 4.69) is 24.2 Å². The quantitative estimate of drug-likeness (QED) is 0.585. The molecule has 2 rings (SSSR count). The van der Waals surface area contributed by atoms with E-state index in [1.165, 1.54) is 44.9 Å². The lowest BCUT2D eigenvalue weighted by molar-refractivity contribution is 0.0982. The zero-order valence-electron chi connectivity index (χ0n) is 12.1. The highest BCUT2D eigenvalue weighted by atomic mass is 16.3. The molecular weight excluding hydrogens is 224 g/mol. The van der Waals surface area contributed by atoms with Gasteiger partial charge in [-0.2, -0.15) is 0 Å². The summed E-state index contributed by atoms with van der Waals surface area (Å²) in [4.78, 5) is 2.42. The number of hydrogen-bond acceptors (Lipinski definition) is 3. The predicted octanol–water partition coefficient (Wildman–Crippen LogP) is 2.00. The number of likely N-dealkylation sites (N-methyl/N-ethyl adjacent to an activating group) is 1. The Morgan fingerprint density at radius 1 is 1.22 bits per heavy atom. The fourth-order valence-corrected chi connectivity index (χ4v) is 2.98. The lowest BCUT2D eigenvalue weighted by atomic mass is 9.93. The van der Waals surface area contributed by atoms with Gasteiger partial charge in [0.25, 0.3) is 0 Å². The number of nitrogens with zero attached hydrogens (tertiary/aromatic N) is 1. The average Bonchev–Trinajstić information content (AvgIpc) is 3.21. The van der Waals surface area contributed by atoms with Crippen LogP contribution in [0.15, 0.2) is 0 Å².